The highest BCUT2D eigenvalue weighted by atomic mass is 32.2. The number of hydrogen-bond donors (Lipinski definition) is 2. The van der Waals surface area contributed by atoms with E-state index in [1.807, 2.05) is 6.92 Å². The van der Waals surface area contributed by atoms with Gasteiger partial charge in [0, 0.05) is 25.5 Å². The molecule has 0 saturated heterocycles. The largest absolute Gasteiger partial charge is 0.452 e. The zero-order valence-electron chi connectivity index (χ0n) is 16.6. The van der Waals surface area contributed by atoms with Gasteiger partial charge in [-0.1, -0.05) is 19.1 Å². The van der Waals surface area contributed by atoms with Crippen molar-refractivity contribution in [2.45, 2.75) is 31.2 Å². The number of amides is 3. The van der Waals surface area contributed by atoms with Gasteiger partial charge in [0.15, 0.2) is 6.61 Å². The van der Waals surface area contributed by atoms with Crippen LogP contribution < -0.4 is 10.6 Å². The fourth-order valence-corrected chi connectivity index (χ4v) is 3.01. The SMILES string of the molecule is CCCNC(=O)[C@H](C)NC(=O)COC(=O)c1ccccc1SCC(=O)N(C)C. The van der Waals surface area contributed by atoms with Gasteiger partial charge in [0.2, 0.25) is 11.8 Å². The Morgan fingerprint density at radius 1 is 1.18 bits per heavy atom. The maximum absolute atomic E-state index is 12.3. The number of benzene rings is 1. The monoisotopic (exact) mass is 409 g/mol. The quantitative estimate of drug-likeness (QED) is 0.442. The summed E-state index contributed by atoms with van der Waals surface area (Å²) in [5.41, 5.74) is 0.278. The number of carbonyl (C=O) groups excluding carboxylic acids is 4. The van der Waals surface area contributed by atoms with Gasteiger partial charge in [0.1, 0.15) is 6.04 Å². The molecular formula is C19H27N3O5S. The van der Waals surface area contributed by atoms with E-state index in [0.29, 0.717) is 11.4 Å². The van der Waals surface area contributed by atoms with Crippen molar-refractivity contribution in [2.75, 3.05) is 33.0 Å². The first-order valence-electron chi connectivity index (χ1n) is 8.92. The van der Waals surface area contributed by atoms with E-state index in [0.717, 1.165) is 6.42 Å². The molecule has 0 aliphatic heterocycles. The molecule has 154 valence electrons. The molecule has 8 nitrogen and oxygen atoms in total. The highest BCUT2D eigenvalue weighted by Gasteiger charge is 2.18. The number of esters is 1. The van der Waals surface area contributed by atoms with Gasteiger partial charge in [-0.05, 0) is 25.5 Å². The molecule has 2 N–H and O–H groups in total. The molecule has 0 spiro atoms. The van der Waals surface area contributed by atoms with Crippen molar-refractivity contribution in [3.63, 3.8) is 0 Å². The fourth-order valence-electron chi connectivity index (χ4n) is 1.99. The van der Waals surface area contributed by atoms with Gasteiger partial charge < -0.3 is 20.3 Å². The Kier molecular flexibility index (Phi) is 10.1. The van der Waals surface area contributed by atoms with Crippen molar-refractivity contribution in [3.8, 4) is 0 Å². The fraction of sp³-hybridized carbons (Fsp3) is 0.474. The Morgan fingerprint density at radius 3 is 2.50 bits per heavy atom. The number of ether oxygens (including phenoxy) is 1. The summed E-state index contributed by atoms with van der Waals surface area (Å²) in [6.45, 7) is 3.51. The molecule has 28 heavy (non-hydrogen) atoms. The first-order chi connectivity index (χ1) is 13.3. The number of rotatable bonds is 10. The van der Waals surface area contributed by atoms with Crippen LogP contribution in [0.1, 0.15) is 30.6 Å². The number of nitrogens with zero attached hydrogens (tertiary/aromatic N) is 1. The molecule has 1 aromatic carbocycles. The lowest BCUT2D eigenvalue weighted by molar-refractivity contribution is -0.130. The summed E-state index contributed by atoms with van der Waals surface area (Å²) in [5.74, 6) is -1.43. The molecule has 1 aromatic rings. The smallest absolute Gasteiger partial charge is 0.339 e. The van der Waals surface area contributed by atoms with Crippen LogP contribution in [0.4, 0.5) is 0 Å². The van der Waals surface area contributed by atoms with Gasteiger partial charge >= 0.3 is 5.97 Å². The molecule has 0 unspecified atom stereocenters. The molecule has 0 heterocycles. The van der Waals surface area contributed by atoms with Crippen LogP contribution in [-0.2, 0) is 19.1 Å². The molecule has 0 radical (unpaired) electrons. The molecule has 0 aliphatic carbocycles. The van der Waals surface area contributed by atoms with E-state index in [2.05, 4.69) is 10.6 Å². The third-order valence-electron chi connectivity index (χ3n) is 3.61. The molecule has 0 aromatic heterocycles. The van der Waals surface area contributed by atoms with Crippen LogP contribution in [0.15, 0.2) is 29.2 Å². The molecule has 1 atom stereocenters. The second-order valence-electron chi connectivity index (χ2n) is 6.23. The summed E-state index contributed by atoms with van der Waals surface area (Å²) in [5, 5.41) is 5.15. The second-order valence-corrected chi connectivity index (χ2v) is 7.25. The lowest BCUT2D eigenvalue weighted by Crippen LogP contribution is -2.46. The van der Waals surface area contributed by atoms with Crippen molar-refractivity contribution in [1.82, 2.24) is 15.5 Å². The zero-order valence-corrected chi connectivity index (χ0v) is 17.4. The maximum Gasteiger partial charge on any atom is 0.339 e. The molecule has 9 heteroatoms. The van der Waals surface area contributed by atoms with Crippen LogP contribution >= 0.6 is 11.8 Å². The van der Waals surface area contributed by atoms with E-state index in [9.17, 15) is 19.2 Å². The Morgan fingerprint density at radius 2 is 1.86 bits per heavy atom. The van der Waals surface area contributed by atoms with Crippen LogP contribution in [0.3, 0.4) is 0 Å². The first kappa shape index (κ1) is 23.5. The normalized spacial score (nSPS) is 11.3. The van der Waals surface area contributed by atoms with Crippen LogP contribution in [0.25, 0.3) is 0 Å². The number of carbonyl (C=O) groups is 4. The lowest BCUT2D eigenvalue weighted by atomic mass is 10.2. The summed E-state index contributed by atoms with van der Waals surface area (Å²) in [6.07, 6.45) is 0.793. The van der Waals surface area contributed by atoms with E-state index in [4.69, 9.17) is 4.74 Å². The predicted octanol–water partition coefficient (Wildman–Crippen LogP) is 1.05. The average Bonchev–Trinajstić information content (AvgIpc) is 2.68. The third kappa shape index (κ3) is 7.99. The number of thioether (sulfide) groups is 1. The Labute approximate surface area is 169 Å². The van der Waals surface area contributed by atoms with E-state index in [1.165, 1.54) is 16.7 Å². The Hall–Kier alpha value is -2.55. The molecule has 0 bridgehead atoms. The van der Waals surface area contributed by atoms with Crippen molar-refractivity contribution >= 4 is 35.5 Å². The molecule has 3 amide bonds. The summed E-state index contributed by atoms with van der Waals surface area (Å²) in [7, 11) is 3.32. The van der Waals surface area contributed by atoms with Gasteiger partial charge in [-0.2, -0.15) is 0 Å². The maximum atomic E-state index is 12.3. The highest BCUT2D eigenvalue weighted by molar-refractivity contribution is 8.00. The summed E-state index contributed by atoms with van der Waals surface area (Å²) >= 11 is 1.22. The standard InChI is InChI=1S/C19H27N3O5S/c1-5-10-20-18(25)13(2)21-16(23)11-27-19(26)14-8-6-7-9-15(14)28-12-17(24)22(3)4/h6-9,13H,5,10-12H2,1-4H3,(H,20,25)(H,21,23)/t13-/m0/s1. The van der Waals surface area contributed by atoms with Crippen LogP contribution in [0, 0.1) is 0 Å². The van der Waals surface area contributed by atoms with Crippen molar-refractivity contribution in [1.29, 1.82) is 0 Å². The van der Waals surface area contributed by atoms with Gasteiger partial charge in [0.25, 0.3) is 5.91 Å². The topological polar surface area (TPSA) is 105 Å². The van der Waals surface area contributed by atoms with Gasteiger partial charge in [-0.25, -0.2) is 4.79 Å². The van der Waals surface area contributed by atoms with E-state index >= 15 is 0 Å². The van der Waals surface area contributed by atoms with Gasteiger partial charge in [-0.3, -0.25) is 14.4 Å². The molecular weight excluding hydrogens is 382 g/mol. The van der Waals surface area contributed by atoms with Gasteiger partial charge in [-0.15, -0.1) is 11.8 Å². The zero-order chi connectivity index (χ0) is 21.1. The minimum Gasteiger partial charge on any atom is -0.452 e. The van der Waals surface area contributed by atoms with E-state index in [1.54, 1.807) is 45.3 Å². The summed E-state index contributed by atoms with van der Waals surface area (Å²) < 4.78 is 5.06. The summed E-state index contributed by atoms with van der Waals surface area (Å²) in [4.78, 5) is 49.8. The van der Waals surface area contributed by atoms with Crippen LogP contribution in [-0.4, -0.2) is 67.6 Å². The predicted molar refractivity (Wildman–Crippen MR) is 107 cm³/mol. The third-order valence-corrected chi connectivity index (χ3v) is 4.67. The summed E-state index contributed by atoms with van der Waals surface area (Å²) in [6, 6.07) is 5.99. The minimum absolute atomic E-state index is 0.0807. The molecule has 0 saturated carbocycles. The minimum atomic E-state index is -0.724. The average molecular weight is 410 g/mol. The Balaban J connectivity index is 2.58. The number of hydrogen-bond acceptors (Lipinski definition) is 6. The molecule has 0 aliphatic rings. The van der Waals surface area contributed by atoms with Crippen LogP contribution in [0.2, 0.25) is 0 Å². The van der Waals surface area contributed by atoms with E-state index in [-0.39, 0.29) is 23.1 Å². The number of nitrogens with one attached hydrogen (secondary N) is 2. The van der Waals surface area contributed by atoms with Gasteiger partial charge in [0.05, 0.1) is 11.3 Å². The van der Waals surface area contributed by atoms with Crippen molar-refractivity contribution in [3.05, 3.63) is 29.8 Å². The van der Waals surface area contributed by atoms with Crippen LogP contribution in [0.5, 0.6) is 0 Å². The first-order valence-corrected chi connectivity index (χ1v) is 9.91. The highest BCUT2D eigenvalue weighted by Crippen LogP contribution is 2.23. The van der Waals surface area contributed by atoms with E-state index < -0.39 is 24.5 Å². The van der Waals surface area contributed by atoms with Crippen molar-refractivity contribution < 1.29 is 23.9 Å². The second kappa shape index (κ2) is 12.0. The lowest BCUT2D eigenvalue weighted by Gasteiger charge is -2.14. The molecule has 0 fully saturated rings. The van der Waals surface area contributed by atoms with Crippen molar-refractivity contribution in [2.24, 2.45) is 0 Å². The molecule has 1 rings (SSSR count). The Bertz CT molecular complexity index is 709.